The molecule has 0 aromatic heterocycles. The maximum absolute atomic E-state index is 12.3. The second-order valence-corrected chi connectivity index (χ2v) is 8.13. The van der Waals surface area contributed by atoms with Crippen LogP contribution in [0.3, 0.4) is 0 Å². The molecule has 2 N–H and O–H groups in total. The Balaban J connectivity index is 1.58. The first-order valence-electron chi connectivity index (χ1n) is 10.00. The van der Waals surface area contributed by atoms with E-state index in [4.69, 9.17) is 0 Å². The van der Waals surface area contributed by atoms with Crippen molar-refractivity contribution in [3.63, 3.8) is 0 Å². The second-order valence-electron chi connectivity index (χ2n) is 8.13. The van der Waals surface area contributed by atoms with E-state index in [-0.39, 0.29) is 5.91 Å². The van der Waals surface area contributed by atoms with Crippen LogP contribution in [0.4, 0.5) is 5.69 Å². The topological polar surface area (TPSA) is 41.1 Å². The Bertz CT molecular complexity index is 831. The number of carbonyl (C=O) groups is 1. The molecule has 3 heteroatoms. The van der Waals surface area contributed by atoms with Crippen molar-refractivity contribution in [2.45, 2.75) is 38.1 Å². The molecule has 0 unspecified atom stereocenters. The van der Waals surface area contributed by atoms with Gasteiger partial charge in [-0.1, -0.05) is 30.3 Å². The lowest BCUT2D eigenvalue weighted by molar-refractivity contribution is 0.0955. The van der Waals surface area contributed by atoms with Gasteiger partial charge in [-0.25, -0.2) is 0 Å². The summed E-state index contributed by atoms with van der Waals surface area (Å²) in [4.78, 5) is 12.3. The Hall–Kier alpha value is -2.29. The van der Waals surface area contributed by atoms with Gasteiger partial charge < -0.3 is 10.6 Å². The van der Waals surface area contributed by atoms with E-state index in [1.165, 1.54) is 36.1 Å². The maximum atomic E-state index is 12.3. The summed E-state index contributed by atoms with van der Waals surface area (Å²) in [6.45, 7) is 2.63. The average molecular weight is 346 g/mol. The van der Waals surface area contributed by atoms with Crippen molar-refractivity contribution in [1.29, 1.82) is 0 Å². The maximum Gasteiger partial charge on any atom is 0.251 e. The first kappa shape index (κ1) is 15.9. The van der Waals surface area contributed by atoms with Gasteiger partial charge in [0.15, 0.2) is 0 Å². The van der Waals surface area contributed by atoms with Crippen molar-refractivity contribution in [2.24, 2.45) is 17.8 Å². The summed E-state index contributed by atoms with van der Waals surface area (Å²) in [6.07, 6.45) is 4.06. The standard InChI is InChI=1S/C23H26N2O/c1-2-24-23(26)17-10-11-19-18(13-17)20-15-8-9-16(12-15)21(20)22(25-19)14-6-4-3-5-7-14/h3-7,10-11,13,15-16,20-22,25H,2,8-9,12H2,1H3,(H,24,26)/t15-,16-,20-,21-,22+/m0/s1. The van der Waals surface area contributed by atoms with Gasteiger partial charge in [-0.05, 0) is 79.2 Å². The summed E-state index contributed by atoms with van der Waals surface area (Å²) in [5, 5.41) is 6.77. The first-order valence-corrected chi connectivity index (χ1v) is 10.00. The van der Waals surface area contributed by atoms with Gasteiger partial charge in [0, 0.05) is 17.8 Å². The molecule has 0 radical (unpaired) electrons. The van der Waals surface area contributed by atoms with Crippen LogP contribution < -0.4 is 10.6 Å². The van der Waals surface area contributed by atoms with Crippen LogP contribution in [0.1, 0.15) is 59.6 Å². The van der Waals surface area contributed by atoms with Gasteiger partial charge in [0.25, 0.3) is 5.91 Å². The zero-order valence-electron chi connectivity index (χ0n) is 15.2. The number of anilines is 1. The smallest absolute Gasteiger partial charge is 0.251 e. The van der Waals surface area contributed by atoms with Crippen LogP contribution in [0.2, 0.25) is 0 Å². The van der Waals surface area contributed by atoms with E-state index in [1.54, 1.807) is 0 Å². The average Bonchev–Trinajstić information content (AvgIpc) is 3.30. The van der Waals surface area contributed by atoms with E-state index in [2.05, 4.69) is 53.1 Å². The Morgan fingerprint density at radius 2 is 1.92 bits per heavy atom. The van der Waals surface area contributed by atoms with Gasteiger partial charge >= 0.3 is 0 Å². The molecule has 0 spiro atoms. The molecule has 26 heavy (non-hydrogen) atoms. The van der Waals surface area contributed by atoms with Crippen LogP contribution in [0, 0.1) is 17.8 Å². The fraction of sp³-hybridized carbons (Fsp3) is 0.435. The molecular weight excluding hydrogens is 320 g/mol. The van der Waals surface area contributed by atoms with Gasteiger partial charge in [-0.3, -0.25) is 4.79 Å². The highest BCUT2D eigenvalue weighted by atomic mass is 16.1. The van der Waals surface area contributed by atoms with Crippen molar-refractivity contribution in [3.05, 3.63) is 65.2 Å². The number of benzene rings is 2. The van der Waals surface area contributed by atoms with Gasteiger partial charge in [0.2, 0.25) is 0 Å². The Kier molecular flexibility index (Phi) is 3.77. The molecule has 0 saturated heterocycles. The van der Waals surface area contributed by atoms with Gasteiger partial charge in [0.1, 0.15) is 0 Å². The predicted molar refractivity (Wildman–Crippen MR) is 104 cm³/mol. The summed E-state index contributed by atoms with van der Waals surface area (Å²) >= 11 is 0. The van der Waals surface area contributed by atoms with Crippen molar-refractivity contribution >= 4 is 11.6 Å². The molecule has 2 bridgehead atoms. The third-order valence-electron chi connectivity index (χ3n) is 6.85. The van der Waals surface area contributed by atoms with Crippen LogP contribution in [0.15, 0.2) is 48.5 Å². The quantitative estimate of drug-likeness (QED) is 0.843. The highest BCUT2D eigenvalue weighted by Gasteiger charge is 2.53. The molecular formula is C23H26N2O. The molecule has 2 aromatic carbocycles. The monoisotopic (exact) mass is 346 g/mol. The van der Waals surface area contributed by atoms with Crippen LogP contribution >= 0.6 is 0 Å². The number of nitrogens with one attached hydrogen (secondary N) is 2. The molecule has 2 aromatic rings. The third kappa shape index (κ3) is 2.37. The van der Waals surface area contributed by atoms with Crippen LogP contribution in [-0.4, -0.2) is 12.5 Å². The summed E-state index contributed by atoms with van der Waals surface area (Å²) in [6, 6.07) is 17.5. The van der Waals surface area contributed by atoms with Crippen molar-refractivity contribution in [2.75, 3.05) is 11.9 Å². The molecule has 1 aliphatic heterocycles. The second kappa shape index (κ2) is 6.15. The zero-order valence-corrected chi connectivity index (χ0v) is 15.2. The van der Waals surface area contributed by atoms with E-state index in [0.29, 0.717) is 24.4 Å². The number of fused-ring (bicyclic) bond motifs is 7. The largest absolute Gasteiger partial charge is 0.378 e. The number of carbonyl (C=O) groups excluding carboxylic acids is 1. The fourth-order valence-corrected chi connectivity index (χ4v) is 5.88. The molecule has 1 heterocycles. The zero-order chi connectivity index (χ0) is 17.7. The minimum Gasteiger partial charge on any atom is -0.378 e. The van der Waals surface area contributed by atoms with Crippen LogP contribution in [-0.2, 0) is 0 Å². The third-order valence-corrected chi connectivity index (χ3v) is 6.85. The van der Waals surface area contributed by atoms with E-state index in [9.17, 15) is 4.79 Å². The Labute approximate surface area is 155 Å². The van der Waals surface area contributed by atoms with E-state index in [0.717, 1.165) is 17.4 Å². The van der Waals surface area contributed by atoms with E-state index in [1.807, 2.05) is 13.0 Å². The van der Waals surface area contributed by atoms with Gasteiger partial charge in [-0.15, -0.1) is 0 Å². The highest BCUT2D eigenvalue weighted by molar-refractivity contribution is 5.95. The molecule has 3 aliphatic rings. The minimum absolute atomic E-state index is 0.0418. The lowest BCUT2D eigenvalue weighted by atomic mass is 9.68. The van der Waals surface area contributed by atoms with E-state index < -0.39 is 0 Å². The van der Waals surface area contributed by atoms with E-state index >= 15 is 0 Å². The minimum atomic E-state index is 0.0418. The van der Waals surface area contributed by atoms with Gasteiger partial charge in [0.05, 0.1) is 6.04 Å². The molecule has 1 amide bonds. The normalized spacial score (nSPS) is 31.0. The number of rotatable bonds is 3. The summed E-state index contributed by atoms with van der Waals surface area (Å²) in [5.74, 6) is 2.86. The molecule has 5 rings (SSSR count). The Morgan fingerprint density at radius 3 is 2.73 bits per heavy atom. The van der Waals surface area contributed by atoms with Crippen LogP contribution in [0.5, 0.6) is 0 Å². The lowest BCUT2D eigenvalue weighted by Gasteiger charge is -2.43. The van der Waals surface area contributed by atoms with Crippen molar-refractivity contribution in [3.8, 4) is 0 Å². The van der Waals surface area contributed by atoms with Crippen LogP contribution in [0.25, 0.3) is 0 Å². The summed E-state index contributed by atoms with van der Waals surface area (Å²) in [7, 11) is 0. The molecule has 2 saturated carbocycles. The van der Waals surface area contributed by atoms with Crippen molar-refractivity contribution < 1.29 is 4.79 Å². The van der Waals surface area contributed by atoms with Crippen molar-refractivity contribution in [1.82, 2.24) is 5.32 Å². The molecule has 2 fully saturated rings. The molecule has 5 atom stereocenters. The molecule has 2 aliphatic carbocycles. The summed E-state index contributed by atoms with van der Waals surface area (Å²) < 4.78 is 0. The lowest BCUT2D eigenvalue weighted by Crippen LogP contribution is -2.35. The number of amides is 1. The Morgan fingerprint density at radius 1 is 1.12 bits per heavy atom. The molecule has 3 nitrogen and oxygen atoms in total. The fourth-order valence-electron chi connectivity index (χ4n) is 5.88. The highest BCUT2D eigenvalue weighted by Crippen LogP contribution is 2.63. The summed E-state index contributed by atoms with van der Waals surface area (Å²) in [5.41, 5.74) is 4.79. The predicted octanol–water partition coefficient (Wildman–Crippen LogP) is 4.73. The molecule has 134 valence electrons. The first-order chi connectivity index (χ1) is 12.8. The number of hydrogen-bond acceptors (Lipinski definition) is 2. The SMILES string of the molecule is CCNC(=O)c1ccc2c(c1)[C@@H]1[C@H]3CC[C@@H](C3)[C@@H]1[C@@H](c1ccccc1)N2. The number of hydrogen-bond donors (Lipinski definition) is 2. The van der Waals surface area contributed by atoms with Gasteiger partial charge in [-0.2, -0.15) is 0 Å².